The summed E-state index contributed by atoms with van der Waals surface area (Å²) in [6.45, 7) is 13.2. The van der Waals surface area contributed by atoms with Crippen molar-refractivity contribution in [1.82, 2.24) is 4.98 Å². The van der Waals surface area contributed by atoms with Crippen LogP contribution in [0.25, 0.3) is 0 Å². The highest BCUT2D eigenvalue weighted by Gasteiger charge is 2.41. The summed E-state index contributed by atoms with van der Waals surface area (Å²) >= 11 is 0. The van der Waals surface area contributed by atoms with Gasteiger partial charge in [0, 0.05) is 22.1 Å². The monoisotopic (exact) mass is 334 g/mol. The second-order valence-electron chi connectivity index (χ2n) is 8.98. The van der Waals surface area contributed by atoms with E-state index in [1.807, 2.05) is 0 Å². The minimum absolute atomic E-state index is 0.00957. The molecule has 0 aliphatic carbocycles. The molecule has 2 aliphatic rings. The fourth-order valence-electron chi connectivity index (χ4n) is 3.47. The van der Waals surface area contributed by atoms with Crippen molar-refractivity contribution in [3.05, 3.63) is 47.7 Å². The molecule has 3 heterocycles. The fourth-order valence-corrected chi connectivity index (χ4v) is 3.47. The van der Waals surface area contributed by atoms with Crippen LogP contribution < -0.4 is 10.2 Å². The SMILES string of the molecule is CC(C)(C)C1=Nc2nc(C(C)(C)C)ccc2C2Nc3ccccc3N12. The third-order valence-corrected chi connectivity index (χ3v) is 4.79. The molecule has 1 atom stereocenters. The Morgan fingerprint density at radius 2 is 1.64 bits per heavy atom. The quantitative estimate of drug-likeness (QED) is 0.701. The summed E-state index contributed by atoms with van der Waals surface area (Å²) in [5, 5.41) is 3.66. The molecule has 4 nitrogen and oxygen atoms in total. The van der Waals surface area contributed by atoms with E-state index in [2.05, 4.69) is 88.2 Å². The van der Waals surface area contributed by atoms with Crippen molar-refractivity contribution < 1.29 is 0 Å². The zero-order valence-corrected chi connectivity index (χ0v) is 15.9. The Hall–Kier alpha value is -2.36. The molecule has 0 bridgehead atoms. The molecule has 1 aromatic heterocycles. The lowest BCUT2D eigenvalue weighted by Crippen LogP contribution is -2.43. The van der Waals surface area contributed by atoms with Crippen LogP contribution in [-0.2, 0) is 5.41 Å². The average molecular weight is 334 g/mol. The van der Waals surface area contributed by atoms with Gasteiger partial charge in [0.05, 0.1) is 11.4 Å². The lowest BCUT2D eigenvalue weighted by atomic mass is 9.90. The number of aromatic nitrogens is 1. The van der Waals surface area contributed by atoms with Crippen molar-refractivity contribution in [2.24, 2.45) is 10.4 Å². The van der Waals surface area contributed by atoms with Gasteiger partial charge in [0.2, 0.25) is 0 Å². The molecule has 1 aromatic carbocycles. The Morgan fingerprint density at radius 3 is 2.32 bits per heavy atom. The van der Waals surface area contributed by atoms with Crippen molar-refractivity contribution in [1.29, 1.82) is 0 Å². The minimum Gasteiger partial charge on any atom is -0.359 e. The van der Waals surface area contributed by atoms with Gasteiger partial charge in [0.25, 0.3) is 0 Å². The van der Waals surface area contributed by atoms with E-state index in [0.717, 1.165) is 28.6 Å². The highest BCUT2D eigenvalue weighted by molar-refractivity contribution is 6.08. The Kier molecular flexibility index (Phi) is 3.27. The fraction of sp³-hybridized carbons (Fsp3) is 0.429. The number of pyridine rings is 1. The van der Waals surface area contributed by atoms with Gasteiger partial charge in [-0.15, -0.1) is 0 Å². The number of hydrogen-bond donors (Lipinski definition) is 1. The molecule has 0 saturated heterocycles. The van der Waals surface area contributed by atoms with Crippen LogP contribution in [0.15, 0.2) is 41.4 Å². The van der Waals surface area contributed by atoms with Gasteiger partial charge >= 0.3 is 0 Å². The van der Waals surface area contributed by atoms with E-state index in [9.17, 15) is 0 Å². The van der Waals surface area contributed by atoms with Crippen LogP contribution in [-0.4, -0.2) is 10.8 Å². The lowest BCUT2D eigenvalue weighted by Gasteiger charge is -2.38. The number of anilines is 2. The van der Waals surface area contributed by atoms with Gasteiger partial charge in [-0.2, -0.15) is 0 Å². The van der Waals surface area contributed by atoms with Crippen molar-refractivity contribution in [2.75, 3.05) is 10.2 Å². The van der Waals surface area contributed by atoms with Gasteiger partial charge in [-0.05, 0) is 24.3 Å². The lowest BCUT2D eigenvalue weighted by molar-refractivity contribution is 0.558. The molecule has 25 heavy (non-hydrogen) atoms. The van der Waals surface area contributed by atoms with Gasteiger partial charge in [0.1, 0.15) is 12.0 Å². The first-order chi connectivity index (χ1) is 11.7. The maximum absolute atomic E-state index is 5.02. The van der Waals surface area contributed by atoms with Crippen LogP contribution in [0.2, 0.25) is 0 Å². The molecule has 2 aromatic rings. The molecule has 0 radical (unpaired) electrons. The van der Waals surface area contributed by atoms with E-state index >= 15 is 0 Å². The summed E-state index contributed by atoms with van der Waals surface area (Å²) in [7, 11) is 0. The smallest absolute Gasteiger partial charge is 0.161 e. The van der Waals surface area contributed by atoms with Crippen LogP contribution in [0.4, 0.5) is 17.2 Å². The van der Waals surface area contributed by atoms with Crippen LogP contribution in [0, 0.1) is 5.41 Å². The second kappa shape index (κ2) is 5.07. The van der Waals surface area contributed by atoms with Crippen LogP contribution in [0.1, 0.15) is 59.0 Å². The number of rotatable bonds is 0. The zero-order chi connectivity index (χ0) is 18.0. The van der Waals surface area contributed by atoms with E-state index in [4.69, 9.17) is 9.98 Å². The summed E-state index contributed by atoms with van der Waals surface area (Å²) in [5.74, 6) is 1.90. The van der Waals surface area contributed by atoms with E-state index in [-0.39, 0.29) is 17.0 Å². The van der Waals surface area contributed by atoms with Crippen LogP contribution >= 0.6 is 0 Å². The molecule has 0 saturated carbocycles. The number of nitrogens with zero attached hydrogens (tertiary/aromatic N) is 3. The second-order valence-corrected chi connectivity index (χ2v) is 8.98. The molecular weight excluding hydrogens is 308 g/mol. The topological polar surface area (TPSA) is 40.5 Å². The first-order valence-corrected chi connectivity index (χ1v) is 8.92. The molecular formula is C21H26N4. The van der Waals surface area contributed by atoms with Gasteiger partial charge in [-0.25, -0.2) is 9.98 Å². The normalized spacial score (nSPS) is 18.9. The molecule has 4 heteroatoms. The van der Waals surface area contributed by atoms with Crippen LogP contribution in [0.5, 0.6) is 0 Å². The van der Waals surface area contributed by atoms with E-state index in [1.165, 1.54) is 5.69 Å². The average Bonchev–Trinajstić information content (AvgIpc) is 2.91. The molecule has 1 unspecified atom stereocenters. The largest absolute Gasteiger partial charge is 0.359 e. The number of nitrogens with one attached hydrogen (secondary N) is 1. The van der Waals surface area contributed by atoms with Crippen molar-refractivity contribution in [3.8, 4) is 0 Å². The van der Waals surface area contributed by atoms with Crippen LogP contribution in [0.3, 0.4) is 0 Å². The van der Waals surface area contributed by atoms with E-state index < -0.39 is 0 Å². The number of amidine groups is 1. The summed E-state index contributed by atoms with van der Waals surface area (Å²) in [4.78, 5) is 12.3. The van der Waals surface area contributed by atoms with E-state index in [0.29, 0.717) is 0 Å². The molecule has 4 rings (SSSR count). The maximum Gasteiger partial charge on any atom is 0.161 e. The highest BCUT2D eigenvalue weighted by Crippen LogP contribution is 2.48. The predicted octanol–water partition coefficient (Wildman–Crippen LogP) is 5.40. The first-order valence-electron chi connectivity index (χ1n) is 8.92. The summed E-state index contributed by atoms with van der Waals surface area (Å²) < 4.78 is 0. The highest BCUT2D eigenvalue weighted by atomic mass is 15.4. The Morgan fingerprint density at radius 1 is 0.920 bits per heavy atom. The zero-order valence-electron chi connectivity index (χ0n) is 15.9. The maximum atomic E-state index is 5.02. The molecule has 0 spiro atoms. The van der Waals surface area contributed by atoms with Crippen molar-refractivity contribution in [3.63, 3.8) is 0 Å². The standard InChI is InChI=1S/C21H26N4/c1-20(2,3)16-12-11-13-17(23-16)24-19(21(4,5)6)25-15-10-8-7-9-14(15)22-18(13)25/h7-12,18,22H,1-6H3. The number of benzene rings is 1. The number of para-hydroxylation sites is 2. The minimum atomic E-state index is -0.0749. The van der Waals surface area contributed by atoms with Gasteiger partial charge in [-0.3, -0.25) is 0 Å². The molecule has 0 amide bonds. The number of fused-ring (bicyclic) bond motifs is 5. The third kappa shape index (κ3) is 2.51. The van der Waals surface area contributed by atoms with Crippen molar-refractivity contribution in [2.45, 2.75) is 53.1 Å². The molecule has 130 valence electrons. The number of aliphatic imine (C=N–C) groups is 1. The molecule has 0 fully saturated rings. The molecule has 1 N–H and O–H groups in total. The van der Waals surface area contributed by atoms with E-state index in [1.54, 1.807) is 0 Å². The summed E-state index contributed by atoms with van der Waals surface area (Å²) in [6, 6.07) is 12.8. The Balaban J connectivity index is 1.92. The summed E-state index contributed by atoms with van der Waals surface area (Å²) in [5.41, 5.74) is 4.48. The number of hydrogen-bond acceptors (Lipinski definition) is 4. The first kappa shape index (κ1) is 16.1. The molecule has 2 aliphatic heterocycles. The predicted molar refractivity (Wildman–Crippen MR) is 105 cm³/mol. The Bertz CT molecular complexity index is 868. The Labute approximate surface area is 150 Å². The summed E-state index contributed by atoms with van der Waals surface area (Å²) in [6.07, 6.45) is 0.0562. The van der Waals surface area contributed by atoms with Gasteiger partial charge in [0.15, 0.2) is 5.82 Å². The van der Waals surface area contributed by atoms with Gasteiger partial charge in [-0.1, -0.05) is 53.7 Å². The van der Waals surface area contributed by atoms with Crippen molar-refractivity contribution >= 4 is 23.0 Å². The third-order valence-electron chi connectivity index (χ3n) is 4.79. The van der Waals surface area contributed by atoms with Gasteiger partial charge < -0.3 is 10.2 Å².